The van der Waals surface area contributed by atoms with Crippen LogP contribution in [0, 0.1) is 0 Å². The van der Waals surface area contributed by atoms with Crippen molar-refractivity contribution in [1.82, 2.24) is 0 Å². The fraction of sp³-hybridized carbons (Fsp3) is 0.500. The summed E-state index contributed by atoms with van der Waals surface area (Å²) in [6.45, 7) is 0. The van der Waals surface area contributed by atoms with Crippen molar-refractivity contribution in [3.8, 4) is 0 Å². The molecule has 8 heteroatoms. The molecular weight excluding hydrogens is 793 g/mol. The van der Waals surface area contributed by atoms with Gasteiger partial charge in [0.1, 0.15) is 0 Å². The molecular formula is C56H76N4O4. The monoisotopic (exact) mass is 869 g/mol. The number of hydrogen-bond acceptors (Lipinski definition) is 4. The third-order valence-electron chi connectivity index (χ3n) is 12.4. The molecule has 5 rings (SSSR count). The Hall–Kier alpha value is -5.24. The number of benzene rings is 4. The molecule has 1 saturated heterocycles. The number of para-hydroxylation sites is 4. The maximum atomic E-state index is 14.1. The Morgan fingerprint density at radius 1 is 0.203 bits per heavy atom. The number of anilines is 4. The van der Waals surface area contributed by atoms with Crippen LogP contribution in [0.4, 0.5) is 22.7 Å². The van der Waals surface area contributed by atoms with Crippen molar-refractivity contribution >= 4 is 46.4 Å². The summed E-state index contributed by atoms with van der Waals surface area (Å²) in [6.07, 6.45) is 27.4. The second-order valence-corrected chi connectivity index (χ2v) is 17.6. The Morgan fingerprint density at radius 3 is 0.500 bits per heavy atom. The van der Waals surface area contributed by atoms with E-state index in [-0.39, 0.29) is 23.6 Å². The molecule has 4 aromatic carbocycles. The average Bonchev–Trinajstić information content (AvgIpc) is 3.33. The fourth-order valence-corrected chi connectivity index (χ4v) is 8.82. The van der Waals surface area contributed by atoms with E-state index in [2.05, 4.69) is 0 Å². The molecule has 8 nitrogen and oxygen atoms in total. The molecule has 1 fully saturated rings. The quantitative estimate of drug-likeness (QED) is 0.205. The van der Waals surface area contributed by atoms with Crippen LogP contribution in [0.5, 0.6) is 0 Å². The predicted octanol–water partition coefficient (Wildman–Crippen LogP) is 14.9. The van der Waals surface area contributed by atoms with Crippen LogP contribution in [0.1, 0.15) is 180 Å². The first-order valence-electron chi connectivity index (χ1n) is 25.1. The van der Waals surface area contributed by atoms with Crippen LogP contribution in [-0.2, 0) is 19.2 Å². The number of amides is 4. The van der Waals surface area contributed by atoms with Gasteiger partial charge in [0.25, 0.3) is 0 Å². The summed E-state index contributed by atoms with van der Waals surface area (Å²) in [5.74, 6) is -0.190. The number of nitrogens with zero attached hydrogens (tertiary/aromatic N) is 4. The standard InChI is InChI=1S/C56H76N4O4/c61-53-45-33-17-13-9-5-1-2-6-10-14-18-34-46-54(62)58(50-39-27-22-28-40-50)60(52-43-31-24-32-44-52)56(64)48-36-20-16-12-8-4-3-7-11-15-19-35-47-55(63)59(51-41-29-23-30-42-51)57(53)49-37-25-21-26-38-49/h21-32,37-44H,1-20,33-36,45-48H2. The highest BCUT2D eigenvalue weighted by atomic mass is 16.2. The Morgan fingerprint density at radius 2 is 0.344 bits per heavy atom. The molecule has 0 atom stereocenters. The molecule has 1 aliphatic rings. The topological polar surface area (TPSA) is 81.2 Å². The molecule has 1 heterocycles. The second-order valence-electron chi connectivity index (χ2n) is 17.6. The summed E-state index contributed by atoms with van der Waals surface area (Å²) in [5, 5.41) is 6.51. The van der Waals surface area contributed by atoms with Gasteiger partial charge in [-0.1, -0.05) is 201 Å². The molecule has 64 heavy (non-hydrogen) atoms. The minimum Gasteiger partial charge on any atom is -0.273 e. The molecule has 4 aromatic rings. The molecule has 0 aliphatic carbocycles. The van der Waals surface area contributed by atoms with Gasteiger partial charge in [-0.15, -0.1) is 0 Å². The largest absolute Gasteiger partial charge is 0.273 e. The van der Waals surface area contributed by atoms with Gasteiger partial charge in [0.15, 0.2) is 0 Å². The van der Waals surface area contributed by atoms with E-state index in [0.717, 1.165) is 103 Å². The molecule has 4 amide bonds. The number of hydrogen-bond donors (Lipinski definition) is 0. The van der Waals surface area contributed by atoms with Gasteiger partial charge in [-0.2, -0.15) is 0 Å². The lowest BCUT2D eigenvalue weighted by molar-refractivity contribution is -0.123. The van der Waals surface area contributed by atoms with Gasteiger partial charge >= 0.3 is 0 Å². The number of carbonyl (C=O) groups is 4. The SMILES string of the molecule is O=C1CCCCCCCCCCCCCCC(=O)N(c2ccccc2)N(c2ccccc2)C(=O)CCCCCCCCCCCCCCC(=O)N(c2ccccc2)N1c1ccccc1. The number of carbonyl (C=O) groups excluding carboxylic acids is 4. The van der Waals surface area contributed by atoms with E-state index in [1.54, 1.807) is 20.0 Å². The Kier molecular flexibility index (Phi) is 23.3. The second kappa shape index (κ2) is 30.0. The third-order valence-corrected chi connectivity index (χ3v) is 12.4. The van der Waals surface area contributed by atoms with Crippen LogP contribution in [-0.4, -0.2) is 23.6 Å². The van der Waals surface area contributed by atoms with Crippen LogP contribution < -0.4 is 20.0 Å². The van der Waals surface area contributed by atoms with Gasteiger partial charge in [-0.25, -0.2) is 20.0 Å². The Balaban J connectivity index is 1.16. The summed E-state index contributed by atoms with van der Waals surface area (Å²) in [5.41, 5.74) is 2.86. The van der Waals surface area contributed by atoms with Crippen molar-refractivity contribution in [1.29, 1.82) is 0 Å². The highest BCUT2D eigenvalue weighted by Gasteiger charge is 2.30. The molecule has 0 N–H and O–H groups in total. The summed E-state index contributed by atoms with van der Waals surface area (Å²) in [7, 11) is 0. The first-order valence-corrected chi connectivity index (χ1v) is 25.1. The normalized spacial score (nSPS) is 18.8. The molecule has 0 saturated carbocycles. The third kappa shape index (κ3) is 17.4. The van der Waals surface area contributed by atoms with Gasteiger partial charge in [0, 0.05) is 25.7 Å². The highest BCUT2D eigenvalue weighted by molar-refractivity contribution is 6.07. The summed E-state index contributed by atoms with van der Waals surface area (Å²) >= 11 is 0. The van der Waals surface area contributed by atoms with Crippen molar-refractivity contribution in [3.05, 3.63) is 121 Å². The minimum atomic E-state index is -0.0474. The predicted molar refractivity (Wildman–Crippen MR) is 265 cm³/mol. The van der Waals surface area contributed by atoms with Gasteiger partial charge in [0.05, 0.1) is 22.7 Å². The van der Waals surface area contributed by atoms with E-state index < -0.39 is 0 Å². The van der Waals surface area contributed by atoms with Crippen LogP contribution in [0.15, 0.2) is 121 Å². The minimum absolute atomic E-state index is 0.0474. The molecule has 0 radical (unpaired) electrons. The zero-order valence-corrected chi connectivity index (χ0v) is 38.8. The van der Waals surface area contributed by atoms with Crippen molar-refractivity contribution < 1.29 is 19.2 Å². The van der Waals surface area contributed by atoms with Crippen molar-refractivity contribution in [3.63, 3.8) is 0 Å². The summed E-state index contributed by atoms with van der Waals surface area (Å²) in [6, 6.07) is 38.5. The van der Waals surface area contributed by atoms with Crippen molar-refractivity contribution in [2.24, 2.45) is 0 Å². The molecule has 344 valence electrons. The summed E-state index contributed by atoms with van der Waals surface area (Å²) < 4.78 is 0. The molecule has 1 aliphatic heterocycles. The maximum absolute atomic E-state index is 14.1. The lowest BCUT2D eigenvalue weighted by Gasteiger charge is -2.35. The van der Waals surface area contributed by atoms with E-state index in [1.165, 1.54) is 51.4 Å². The first kappa shape index (κ1) is 49.8. The highest BCUT2D eigenvalue weighted by Crippen LogP contribution is 2.28. The number of rotatable bonds is 4. The fourth-order valence-electron chi connectivity index (χ4n) is 8.82. The average molecular weight is 869 g/mol. The van der Waals surface area contributed by atoms with Gasteiger partial charge < -0.3 is 0 Å². The van der Waals surface area contributed by atoms with Gasteiger partial charge in [-0.05, 0) is 74.2 Å². The lowest BCUT2D eigenvalue weighted by atomic mass is 10.0. The van der Waals surface area contributed by atoms with Gasteiger partial charge in [-0.3, -0.25) is 19.2 Å². The lowest BCUT2D eigenvalue weighted by Crippen LogP contribution is -2.50. The van der Waals surface area contributed by atoms with E-state index in [1.807, 2.05) is 121 Å². The summed E-state index contributed by atoms with van der Waals surface area (Å²) in [4.78, 5) is 56.2. The van der Waals surface area contributed by atoms with Gasteiger partial charge in [0.2, 0.25) is 23.6 Å². The van der Waals surface area contributed by atoms with Crippen LogP contribution >= 0.6 is 0 Å². The van der Waals surface area contributed by atoms with Crippen LogP contribution in [0.25, 0.3) is 0 Å². The molecule has 0 spiro atoms. The van der Waals surface area contributed by atoms with Crippen LogP contribution in [0.3, 0.4) is 0 Å². The number of hydrazine groups is 2. The van der Waals surface area contributed by atoms with Crippen molar-refractivity contribution in [2.75, 3.05) is 20.0 Å². The van der Waals surface area contributed by atoms with Crippen molar-refractivity contribution in [2.45, 2.75) is 180 Å². The molecule has 0 bridgehead atoms. The van der Waals surface area contributed by atoms with E-state index >= 15 is 0 Å². The Labute approximate surface area is 385 Å². The molecule has 0 unspecified atom stereocenters. The smallest absolute Gasteiger partial charge is 0.246 e. The zero-order valence-electron chi connectivity index (χ0n) is 38.8. The van der Waals surface area contributed by atoms with E-state index in [0.29, 0.717) is 48.4 Å². The van der Waals surface area contributed by atoms with E-state index in [4.69, 9.17) is 0 Å². The van der Waals surface area contributed by atoms with Crippen LogP contribution in [0.2, 0.25) is 0 Å². The molecule has 0 aromatic heterocycles. The Bertz CT molecular complexity index is 1610. The van der Waals surface area contributed by atoms with E-state index in [9.17, 15) is 19.2 Å². The first-order chi connectivity index (χ1) is 31.5. The zero-order chi connectivity index (χ0) is 44.9. The maximum Gasteiger partial charge on any atom is 0.246 e.